The third-order valence-electron chi connectivity index (χ3n) is 1.56. The van der Waals surface area contributed by atoms with Crippen LogP contribution in [0.1, 0.15) is 12.5 Å². The van der Waals surface area contributed by atoms with Crippen molar-refractivity contribution in [2.24, 2.45) is 4.99 Å². The monoisotopic (exact) mass is 165 g/mol. The number of aliphatic imine (C=N–C) groups is 1. The maximum atomic E-state index is 13.4. The second-order valence-electron chi connectivity index (χ2n) is 2.52. The Morgan fingerprint density at radius 2 is 2.00 bits per heavy atom. The molecule has 0 radical (unpaired) electrons. The summed E-state index contributed by atoms with van der Waals surface area (Å²) in [5.41, 5.74) is 0.355. The van der Waals surface area contributed by atoms with Gasteiger partial charge in [-0.15, -0.1) is 0 Å². The minimum atomic E-state index is -1.96. The van der Waals surface area contributed by atoms with E-state index in [1.807, 2.05) is 0 Å². The van der Waals surface area contributed by atoms with Gasteiger partial charge in [-0.3, -0.25) is 0 Å². The first-order valence-corrected chi connectivity index (χ1v) is 3.50. The smallest absolute Gasteiger partial charge is 0.212 e. The Balaban J connectivity index is 3.05. The van der Waals surface area contributed by atoms with Gasteiger partial charge in [0, 0.05) is 5.56 Å². The third-order valence-corrected chi connectivity index (χ3v) is 1.56. The van der Waals surface area contributed by atoms with Crippen LogP contribution < -0.4 is 0 Å². The van der Waals surface area contributed by atoms with Crippen LogP contribution in [0.25, 0.3) is 0 Å². The Morgan fingerprint density at radius 3 is 2.50 bits per heavy atom. The molecular weight excluding hydrogens is 157 g/mol. The Kier molecular flexibility index (Phi) is 2.36. The molecule has 0 heterocycles. The molecule has 62 valence electrons. The highest BCUT2D eigenvalue weighted by Gasteiger charge is 2.23. The lowest BCUT2D eigenvalue weighted by Crippen LogP contribution is -2.10. The van der Waals surface area contributed by atoms with Crippen molar-refractivity contribution in [1.29, 1.82) is 0 Å². The van der Waals surface area contributed by atoms with Gasteiger partial charge in [0.25, 0.3) is 0 Å². The third kappa shape index (κ3) is 1.77. The highest BCUT2D eigenvalue weighted by atomic mass is 19.1. The van der Waals surface area contributed by atoms with Crippen LogP contribution >= 0.6 is 0 Å². The van der Waals surface area contributed by atoms with Crippen LogP contribution in [0.4, 0.5) is 4.39 Å². The summed E-state index contributed by atoms with van der Waals surface area (Å²) >= 11 is 0. The molecule has 1 aromatic rings. The summed E-state index contributed by atoms with van der Waals surface area (Å²) in [7, 11) is 0. The summed E-state index contributed by atoms with van der Waals surface area (Å²) in [6, 6.07) is 8.28. The predicted molar refractivity (Wildman–Crippen MR) is 43.0 cm³/mol. The second-order valence-corrected chi connectivity index (χ2v) is 2.52. The van der Waals surface area contributed by atoms with Crippen LogP contribution in [0.3, 0.4) is 0 Å². The average Bonchev–Trinajstić information content (AvgIpc) is 2.06. The van der Waals surface area contributed by atoms with E-state index < -0.39 is 5.79 Å². The van der Waals surface area contributed by atoms with Crippen molar-refractivity contribution in [3.05, 3.63) is 35.9 Å². The normalized spacial score (nSPS) is 14.5. The molecule has 0 spiro atoms. The lowest BCUT2D eigenvalue weighted by Gasteiger charge is -2.12. The summed E-state index contributed by atoms with van der Waals surface area (Å²) in [5.74, 6) is -1.96. The molecule has 1 atom stereocenters. The van der Waals surface area contributed by atoms with Crippen LogP contribution in [0, 0.1) is 0 Å². The number of nitrogens with zero attached hydrogens (tertiary/aromatic N) is 1. The molecule has 0 saturated carbocycles. The summed E-state index contributed by atoms with van der Waals surface area (Å²) < 4.78 is 13.4. The molecule has 2 nitrogen and oxygen atoms in total. The summed E-state index contributed by atoms with van der Waals surface area (Å²) in [6.45, 7) is 1.22. The maximum Gasteiger partial charge on any atom is 0.238 e. The number of carbonyl (C=O) groups excluding carboxylic acids is 1. The van der Waals surface area contributed by atoms with E-state index in [2.05, 4.69) is 4.99 Å². The first-order valence-electron chi connectivity index (χ1n) is 3.50. The van der Waals surface area contributed by atoms with Gasteiger partial charge in [0.2, 0.25) is 11.9 Å². The second kappa shape index (κ2) is 3.28. The van der Waals surface area contributed by atoms with Gasteiger partial charge in [0.1, 0.15) is 0 Å². The maximum absolute atomic E-state index is 13.4. The number of benzene rings is 1. The number of hydrogen-bond donors (Lipinski definition) is 0. The zero-order valence-corrected chi connectivity index (χ0v) is 6.62. The SMILES string of the molecule is CC(F)(N=C=O)c1ccccc1. The van der Waals surface area contributed by atoms with Crippen molar-refractivity contribution in [3.8, 4) is 0 Å². The molecule has 0 amide bonds. The van der Waals surface area contributed by atoms with E-state index in [9.17, 15) is 9.18 Å². The molecule has 1 unspecified atom stereocenters. The van der Waals surface area contributed by atoms with Gasteiger partial charge in [0.05, 0.1) is 0 Å². The topological polar surface area (TPSA) is 29.4 Å². The molecule has 12 heavy (non-hydrogen) atoms. The molecule has 0 fully saturated rings. The van der Waals surface area contributed by atoms with Crippen molar-refractivity contribution >= 4 is 6.08 Å². The molecule has 0 aromatic heterocycles. The van der Waals surface area contributed by atoms with Crippen LogP contribution in [0.15, 0.2) is 35.3 Å². The van der Waals surface area contributed by atoms with Crippen molar-refractivity contribution < 1.29 is 9.18 Å². The van der Waals surface area contributed by atoms with E-state index in [1.54, 1.807) is 30.3 Å². The van der Waals surface area contributed by atoms with Crippen LogP contribution in [-0.4, -0.2) is 6.08 Å². The Labute approximate surface area is 69.7 Å². The number of hydrogen-bond acceptors (Lipinski definition) is 2. The van der Waals surface area contributed by atoms with Crippen molar-refractivity contribution in [2.75, 3.05) is 0 Å². The van der Waals surface area contributed by atoms with E-state index in [0.717, 1.165) is 0 Å². The average molecular weight is 165 g/mol. The van der Waals surface area contributed by atoms with Crippen molar-refractivity contribution in [3.63, 3.8) is 0 Å². The van der Waals surface area contributed by atoms with Gasteiger partial charge in [-0.25, -0.2) is 9.18 Å². The van der Waals surface area contributed by atoms with Crippen LogP contribution in [0.2, 0.25) is 0 Å². The fourth-order valence-electron chi connectivity index (χ4n) is 0.893. The number of isocyanates is 1. The Bertz CT molecular complexity index is 302. The quantitative estimate of drug-likeness (QED) is 0.375. The van der Waals surface area contributed by atoms with E-state index in [1.165, 1.54) is 13.0 Å². The number of rotatable bonds is 2. The summed E-state index contributed by atoms with van der Waals surface area (Å²) in [5, 5.41) is 0. The molecule has 0 bridgehead atoms. The number of alkyl halides is 1. The van der Waals surface area contributed by atoms with Crippen LogP contribution in [-0.2, 0) is 10.6 Å². The largest absolute Gasteiger partial charge is 0.238 e. The van der Waals surface area contributed by atoms with Gasteiger partial charge >= 0.3 is 0 Å². The molecule has 0 aliphatic heterocycles. The predicted octanol–water partition coefficient (Wildman–Crippen LogP) is 2.16. The molecule has 0 saturated heterocycles. The van der Waals surface area contributed by atoms with Gasteiger partial charge in [-0.2, -0.15) is 4.99 Å². The van der Waals surface area contributed by atoms with Gasteiger partial charge in [-0.05, 0) is 6.92 Å². The zero-order chi connectivity index (χ0) is 9.03. The molecule has 0 N–H and O–H groups in total. The fourth-order valence-corrected chi connectivity index (χ4v) is 0.893. The first kappa shape index (κ1) is 8.62. The molecule has 1 aromatic carbocycles. The number of halogens is 1. The highest BCUT2D eigenvalue weighted by Crippen LogP contribution is 2.25. The minimum Gasteiger partial charge on any atom is -0.212 e. The van der Waals surface area contributed by atoms with Crippen LogP contribution in [0.5, 0.6) is 0 Å². The van der Waals surface area contributed by atoms with E-state index >= 15 is 0 Å². The standard InChI is InChI=1S/C9H8FNO/c1-9(10,11-7-12)8-5-3-2-4-6-8/h2-6H,1H3. The van der Waals surface area contributed by atoms with E-state index in [-0.39, 0.29) is 0 Å². The highest BCUT2D eigenvalue weighted by molar-refractivity contribution is 5.36. The zero-order valence-electron chi connectivity index (χ0n) is 6.62. The Morgan fingerprint density at radius 1 is 1.42 bits per heavy atom. The van der Waals surface area contributed by atoms with E-state index in [0.29, 0.717) is 5.56 Å². The summed E-state index contributed by atoms with van der Waals surface area (Å²) in [4.78, 5) is 12.9. The molecule has 1 rings (SSSR count). The Hall–Kier alpha value is -1.47. The lowest BCUT2D eigenvalue weighted by molar-refractivity contribution is 0.206. The summed E-state index contributed by atoms with van der Waals surface area (Å²) in [6.07, 6.45) is 1.21. The van der Waals surface area contributed by atoms with Crippen molar-refractivity contribution in [1.82, 2.24) is 0 Å². The molecular formula is C9H8FNO. The minimum absolute atomic E-state index is 0.355. The van der Waals surface area contributed by atoms with Gasteiger partial charge in [0.15, 0.2) is 0 Å². The van der Waals surface area contributed by atoms with E-state index in [4.69, 9.17) is 0 Å². The molecule has 0 aliphatic rings. The van der Waals surface area contributed by atoms with Gasteiger partial charge in [-0.1, -0.05) is 30.3 Å². The fraction of sp³-hybridized carbons (Fsp3) is 0.222. The first-order chi connectivity index (χ1) is 5.67. The van der Waals surface area contributed by atoms with Gasteiger partial charge < -0.3 is 0 Å². The lowest BCUT2D eigenvalue weighted by atomic mass is 10.1. The molecule has 0 aliphatic carbocycles. The molecule has 3 heteroatoms. The van der Waals surface area contributed by atoms with Crippen molar-refractivity contribution in [2.45, 2.75) is 12.7 Å².